The standard InChI is InChI=1S/C10H6O2.C6H9N3O5S.HN3O3S/c11-9-5-6-10(12)8-4-2-1-3-7(8)9;1-5(6(10)11)3-2-4-14-15(12,13)9-8-7;1-2-3-7(4,5)6/h1-6H;1-4H2,(H,10,11);(H,4,5,6). The van der Waals surface area contributed by atoms with E-state index in [1.54, 1.807) is 29.2 Å². The Morgan fingerprint density at radius 2 is 1.47 bits per heavy atom. The minimum Gasteiger partial charge on any atom is -0.478 e. The Morgan fingerprint density at radius 1 is 1.00 bits per heavy atom. The smallest absolute Gasteiger partial charge is 0.358 e. The molecule has 0 radical (unpaired) electrons. The van der Waals surface area contributed by atoms with Gasteiger partial charge in [0, 0.05) is 26.5 Å². The Balaban J connectivity index is 0.000000511. The van der Waals surface area contributed by atoms with Gasteiger partial charge in [0.1, 0.15) is 0 Å². The highest BCUT2D eigenvalue weighted by Gasteiger charge is 2.17. The summed E-state index contributed by atoms with van der Waals surface area (Å²) in [5.74, 6) is -1.33. The van der Waals surface area contributed by atoms with Crippen LogP contribution in [0, 0.1) is 0 Å². The number of carboxylic acids is 1. The number of carboxylic acid groups (broad SMARTS) is 1. The zero-order valence-electron chi connectivity index (χ0n) is 17.0. The molecule has 0 aromatic heterocycles. The van der Waals surface area contributed by atoms with Crippen LogP contribution < -0.4 is 0 Å². The quantitative estimate of drug-likeness (QED) is 0.127. The summed E-state index contributed by atoms with van der Waals surface area (Å²) in [5, 5.41) is 8.40. The van der Waals surface area contributed by atoms with Crippen LogP contribution in [0.2, 0.25) is 0 Å². The van der Waals surface area contributed by atoms with E-state index in [4.69, 9.17) is 20.7 Å². The van der Waals surface area contributed by atoms with Gasteiger partial charge < -0.3 is 5.11 Å². The molecule has 0 saturated heterocycles. The average molecular weight is 516 g/mol. The van der Waals surface area contributed by atoms with Crippen molar-refractivity contribution in [3.63, 3.8) is 0 Å². The topological polar surface area (TPSA) is 267 Å². The number of azide groups is 2. The Bertz CT molecular complexity index is 1250. The van der Waals surface area contributed by atoms with Gasteiger partial charge in [-0.05, 0) is 36.1 Å². The number of carbonyl (C=O) groups excluding carboxylic acids is 2. The first-order chi connectivity index (χ1) is 15.7. The number of ketones is 2. The number of nitrogens with zero attached hydrogens (tertiary/aromatic N) is 6. The summed E-state index contributed by atoms with van der Waals surface area (Å²) in [6, 6.07) is 6.84. The molecule has 1 aromatic carbocycles. The Labute approximate surface area is 192 Å². The molecule has 1 aliphatic carbocycles. The molecule has 0 atom stereocenters. The fraction of sp³-hybridized carbons (Fsp3) is 0.188. The second-order valence-corrected chi connectivity index (χ2v) is 7.97. The monoisotopic (exact) mass is 516 g/mol. The molecule has 0 aliphatic heterocycles. The van der Waals surface area contributed by atoms with Crippen LogP contribution in [0.4, 0.5) is 0 Å². The van der Waals surface area contributed by atoms with Crippen LogP contribution in [0.15, 0.2) is 57.6 Å². The molecule has 0 fully saturated rings. The lowest BCUT2D eigenvalue weighted by atomic mass is 9.95. The second-order valence-electron chi connectivity index (χ2n) is 5.66. The van der Waals surface area contributed by atoms with Gasteiger partial charge in [0.25, 0.3) is 0 Å². The summed E-state index contributed by atoms with van der Waals surface area (Å²) in [7, 11) is -8.68. The summed E-state index contributed by atoms with van der Waals surface area (Å²) < 4.78 is 56.1. The van der Waals surface area contributed by atoms with E-state index in [9.17, 15) is 31.2 Å². The lowest BCUT2D eigenvalue weighted by molar-refractivity contribution is -0.132. The van der Waals surface area contributed by atoms with Gasteiger partial charge >= 0.3 is 26.6 Å². The molecule has 16 nitrogen and oxygen atoms in total. The highest BCUT2D eigenvalue weighted by Crippen LogP contribution is 2.15. The Morgan fingerprint density at radius 3 is 1.82 bits per heavy atom. The van der Waals surface area contributed by atoms with Crippen LogP contribution in [0.25, 0.3) is 20.9 Å². The number of hydrogen-bond acceptors (Lipinski definition) is 8. The van der Waals surface area contributed by atoms with E-state index in [1.165, 1.54) is 12.2 Å². The fourth-order valence-corrected chi connectivity index (χ4v) is 2.47. The van der Waals surface area contributed by atoms with Gasteiger partial charge in [0.05, 0.1) is 15.6 Å². The number of hydrogen-bond donors (Lipinski definition) is 2. The van der Waals surface area contributed by atoms with E-state index in [2.05, 4.69) is 15.3 Å². The van der Waals surface area contributed by atoms with Crippen LogP contribution in [0.5, 0.6) is 0 Å². The summed E-state index contributed by atoms with van der Waals surface area (Å²) >= 11 is 0. The largest absolute Gasteiger partial charge is 0.478 e. The number of allylic oxidation sites excluding steroid dienone is 2. The maximum Gasteiger partial charge on any atom is 0.358 e. The molecule has 34 heavy (non-hydrogen) atoms. The molecular formula is C16H16N6O10S2. The first-order valence-electron chi connectivity index (χ1n) is 8.50. The van der Waals surface area contributed by atoms with Crippen LogP contribution in [0.1, 0.15) is 33.6 Å². The van der Waals surface area contributed by atoms with Crippen molar-refractivity contribution in [2.24, 2.45) is 9.04 Å². The summed E-state index contributed by atoms with van der Waals surface area (Å²) in [6.45, 7) is 2.98. The van der Waals surface area contributed by atoms with Gasteiger partial charge in [0.15, 0.2) is 11.6 Å². The first kappa shape index (κ1) is 29.9. The molecule has 2 rings (SSSR count). The lowest BCUT2D eigenvalue weighted by Crippen LogP contribution is -2.10. The minimum atomic E-state index is -4.47. The zero-order valence-corrected chi connectivity index (χ0v) is 18.6. The van der Waals surface area contributed by atoms with Gasteiger partial charge in [-0.2, -0.15) is 16.8 Å². The number of carbonyl (C=O) groups is 3. The zero-order chi connectivity index (χ0) is 26.4. The van der Waals surface area contributed by atoms with E-state index in [-0.39, 0.29) is 36.6 Å². The Kier molecular flexibility index (Phi) is 12.5. The second kappa shape index (κ2) is 14.2. The molecule has 18 heteroatoms. The maximum absolute atomic E-state index is 11.2. The summed E-state index contributed by atoms with van der Waals surface area (Å²) in [4.78, 5) is 36.5. The van der Waals surface area contributed by atoms with Crippen LogP contribution in [-0.2, 0) is 29.6 Å². The molecule has 0 heterocycles. The van der Waals surface area contributed by atoms with Crippen molar-refractivity contribution in [1.29, 1.82) is 0 Å². The van der Waals surface area contributed by atoms with Gasteiger partial charge in [0.2, 0.25) is 0 Å². The highest BCUT2D eigenvalue weighted by atomic mass is 32.2. The molecular weight excluding hydrogens is 500 g/mol. The number of benzene rings is 1. The predicted octanol–water partition coefficient (Wildman–Crippen LogP) is 2.70. The molecule has 0 saturated carbocycles. The number of fused-ring (bicyclic) bond motifs is 1. The molecule has 2 N–H and O–H groups in total. The average Bonchev–Trinajstić information content (AvgIpc) is 2.74. The van der Waals surface area contributed by atoms with Gasteiger partial charge in [-0.25, -0.2) is 4.79 Å². The third-order valence-electron chi connectivity index (χ3n) is 3.28. The Hall–Kier alpha value is -4.05. The van der Waals surface area contributed by atoms with E-state index in [0.29, 0.717) is 11.1 Å². The van der Waals surface area contributed by atoms with Crippen molar-refractivity contribution in [2.75, 3.05) is 6.61 Å². The van der Waals surface area contributed by atoms with Gasteiger partial charge in [-0.1, -0.05) is 30.8 Å². The van der Waals surface area contributed by atoms with E-state index in [1.807, 2.05) is 9.43 Å². The minimum absolute atomic E-state index is 0.0419. The van der Waals surface area contributed by atoms with E-state index in [0.717, 1.165) is 0 Å². The van der Waals surface area contributed by atoms with Crippen molar-refractivity contribution in [3.8, 4) is 0 Å². The molecule has 1 aromatic rings. The first-order valence-corrected chi connectivity index (χ1v) is 11.3. The third kappa shape index (κ3) is 12.7. The van der Waals surface area contributed by atoms with Crippen LogP contribution >= 0.6 is 0 Å². The molecule has 0 bridgehead atoms. The van der Waals surface area contributed by atoms with Crippen LogP contribution in [-0.4, -0.2) is 50.6 Å². The fourth-order valence-electron chi connectivity index (χ4n) is 1.91. The SMILES string of the molecule is C=C(CCCOS(=O)(=O)N=[N+]=[N-])C(=O)O.O=C1C=CC(=O)c2ccccc21.[N-]=[N+]=NS(=O)(=O)O. The van der Waals surface area contributed by atoms with Crippen molar-refractivity contribution in [3.05, 3.63) is 80.6 Å². The summed E-state index contributed by atoms with van der Waals surface area (Å²) in [5.41, 5.74) is 16.1. The van der Waals surface area contributed by atoms with E-state index < -0.39 is 26.6 Å². The predicted molar refractivity (Wildman–Crippen MR) is 115 cm³/mol. The van der Waals surface area contributed by atoms with Crippen molar-refractivity contribution >= 4 is 38.1 Å². The molecule has 0 spiro atoms. The molecule has 182 valence electrons. The van der Waals surface area contributed by atoms with Gasteiger partial charge in [-0.15, -0.1) is 0 Å². The third-order valence-corrected chi connectivity index (χ3v) is 4.29. The molecule has 0 amide bonds. The maximum atomic E-state index is 11.2. The summed E-state index contributed by atoms with van der Waals surface area (Å²) in [6.07, 6.45) is 2.88. The lowest BCUT2D eigenvalue weighted by Gasteiger charge is -2.06. The van der Waals surface area contributed by atoms with Crippen molar-refractivity contribution < 1.29 is 45.1 Å². The molecule has 1 aliphatic rings. The van der Waals surface area contributed by atoms with E-state index >= 15 is 0 Å². The highest BCUT2D eigenvalue weighted by molar-refractivity contribution is 7.85. The normalized spacial score (nSPS) is 11.8. The molecule has 0 unspecified atom stereocenters. The van der Waals surface area contributed by atoms with Gasteiger partial charge in [-0.3, -0.25) is 18.3 Å². The number of aliphatic carboxylic acids is 1. The number of rotatable bonds is 8. The van der Waals surface area contributed by atoms with Crippen LogP contribution in [0.3, 0.4) is 0 Å². The van der Waals surface area contributed by atoms with Crippen molar-refractivity contribution in [1.82, 2.24) is 0 Å². The van der Waals surface area contributed by atoms with Crippen molar-refractivity contribution in [2.45, 2.75) is 12.8 Å².